The molecule has 0 bridgehead atoms. The van der Waals surface area contributed by atoms with E-state index in [1.165, 1.54) is 0 Å². The van der Waals surface area contributed by atoms with E-state index in [4.69, 9.17) is 9.47 Å². The predicted molar refractivity (Wildman–Crippen MR) is 91.3 cm³/mol. The Bertz CT molecular complexity index is 694. The van der Waals surface area contributed by atoms with Gasteiger partial charge in [-0.25, -0.2) is 14.8 Å². The number of urea groups is 1. The number of nitrogens with one attached hydrogen (secondary N) is 2. The molecule has 0 atom stereocenters. The first-order chi connectivity index (χ1) is 11.6. The number of nitrogens with zero attached hydrogens (tertiary/aromatic N) is 2. The number of hydrogen-bond acceptors (Lipinski definition) is 6. The standard InChI is InChI=1S/C16H20N4O3S/c1-10(2)23-14-7-11(3-5-17-14)19-16(21)18-8-15-20-12-4-6-22-9-13(12)24-15/h3,5,7,10H,4,6,8-9H2,1-2H3,(H2,17,18,19,21). The molecule has 3 rings (SSSR count). The molecule has 1 aliphatic rings. The molecule has 8 heteroatoms. The van der Waals surface area contributed by atoms with Gasteiger partial charge >= 0.3 is 6.03 Å². The average Bonchev–Trinajstić information content (AvgIpc) is 2.95. The van der Waals surface area contributed by atoms with Gasteiger partial charge in [0.25, 0.3) is 0 Å². The van der Waals surface area contributed by atoms with Gasteiger partial charge in [-0.1, -0.05) is 0 Å². The van der Waals surface area contributed by atoms with Gasteiger partial charge in [-0.15, -0.1) is 11.3 Å². The van der Waals surface area contributed by atoms with Crippen LogP contribution in [0.5, 0.6) is 5.88 Å². The van der Waals surface area contributed by atoms with Crippen LogP contribution in [0.1, 0.15) is 29.4 Å². The van der Waals surface area contributed by atoms with Gasteiger partial charge < -0.3 is 20.1 Å². The molecule has 0 fully saturated rings. The van der Waals surface area contributed by atoms with Crippen LogP contribution >= 0.6 is 11.3 Å². The Morgan fingerprint density at radius 2 is 2.38 bits per heavy atom. The molecule has 2 aromatic rings. The van der Waals surface area contributed by atoms with Crippen molar-refractivity contribution in [2.24, 2.45) is 0 Å². The van der Waals surface area contributed by atoms with Crippen LogP contribution in [0.4, 0.5) is 10.5 Å². The average molecular weight is 348 g/mol. The predicted octanol–water partition coefficient (Wildman–Crippen LogP) is 2.72. The maximum absolute atomic E-state index is 12.0. The van der Waals surface area contributed by atoms with Gasteiger partial charge in [0.05, 0.1) is 36.4 Å². The quantitative estimate of drug-likeness (QED) is 0.868. The largest absolute Gasteiger partial charge is 0.475 e. The third kappa shape index (κ3) is 4.42. The zero-order chi connectivity index (χ0) is 16.9. The smallest absolute Gasteiger partial charge is 0.319 e. The number of thiazole rings is 1. The monoisotopic (exact) mass is 348 g/mol. The number of carbonyl (C=O) groups is 1. The molecule has 2 aromatic heterocycles. The minimum atomic E-state index is -0.291. The first-order valence-electron chi connectivity index (χ1n) is 7.83. The molecule has 2 amide bonds. The fourth-order valence-electron chi connectivity index (χ4n) is 2.28. The summed E-state index contributed by atoms with van der Waals surface area (Å²) in [7, 11) is 0. The van der Waals surface area contributed by atoms with Crippen LogP contribution in [0.3, 0.4) is 0 Å². The zero-order valence-corrected chi connectivity index (χ0v) is 14.5. The Balaban J connectivity index is 1.53. The molecular formula is C16H20N4O3S. The molecule has 0 saturated heterocycles. The maximum Gasteiger partial charge on any atom is 0.319 e. The van der Waals surface area contributed by atoms with Crippen molar-refractivity contribution in [3.8, 4) is 5.88 Å². The number of hydrogen-bond donors (Lipinski definition) is 2. The van der Waals surface area contributed by atoms with E-state index in [1.54, 1.807) is 29.7 Å². The van der Waals surface area contributed by atoms with Crippen LogP contribution in [0.2, 0.25) is 0 Å². The number of pyridine rings is 1. The number of rotatable bonds is 5. The topological polar surface area (TPSA) is 85.4 Å². The van der Waals surface area contributed by atoms with Crippen molar-refractivity contribution in [1.82, 2.24) is 15.3 Å². The summed E-state index contributed by atoms with van der Waals surface area (Å²) < 4.78 is 10.9. The Morgan fingerprint density at radius 1 is 1.50 bits per heavy atom. The van der Waals surface area contributed by atoms with Crippen molar-refractivity contribution in [2.45, 2.75) is 39.5 Å². The highest BCUT2D eigenvalue weighted by Gasteiger charge is 2.15. The molecule has 7 nitrogen and oxygen atoms in total. The van der Waals surface area contributed by atoms with Crippen molar-refractivity contribution in [2.75, 3.05) is 11.9 Å². The molecule has 0 aromatic carbocycles. The third-order valence-electron chi connectivity index (χ3n) is 3.29. The second kappa shape index (κ2) is 7.59. The minimum Gasteiger partial charge on any atom is -0.475 e. The third-order valence-corrected chi connectivity index (χ3v) is 4.36. The molecule has 24 heavy (non-hydrogen) atoms. The van der Waals surface area contributed by atoms with Gasteiger partial charge in [0.2, 0.25) is 5.88 Å². The molecule has 0 radical (unpaired) electrons. The van der Waals surface area contributed by atoms with Crippen molar-refractivity contribution in [1.29, 1.82) is 0 Å². The van der Waals surface area contributed by atoms with Crippen molar-refractivity contribution in [3.05, 3.63) is 33.9 Å². The Hall–Kier alpha value is -2.19. The number of fused-ring (bicyclic) bond motifs is 1. The summed E-state index contributed by atoms with van der Waals surface area (Å²) in [5, 5.41) is 6.47. The van der Waals surface area contributed by atoms with Crippen molar-refractivity contribution in [3.63, 3.8) is 0 Å². The van der Waals surface area contributed by atoms with Crippen LogP contribution in [-0.2, 0) is 24.3 Å². The molecule has 128 valence electrons. The minimum absolute atomic E-state index is 0.0292. The van der Waals surface area contributed by atoms with E-state index in [-0.39, 0.29) is 12.1 Å². The van der Waals surface area contributed by atoms with E-state index < -0.39 is 0 Å². The molecule has 3 heterocycles. The normalized spacial score (nSPS) is 13.5. The van der Waals surface area contributed by atoms with E-state index in [2.05, 4.69) is 20.6 Å². The lowest BCUT2D eigenvalue weighted by Crippen LogP contribution is -2.28. The fourth-order valence-corrected chi connectivity index (χ4v) is 3.27. The Labute approximate surface area is 144 Å². The summed E-state index contributed by atoms with van der Waals surface area (Å²) in [6.07, 6.45) is 2.47. The lowest BCUT2D eigenvalue weighted by atomic mass is 10.2. The number of aromatic nitrogens is 2. The van der Waals surface area contributed by atoms with Crippen molar-refractivity contribution >= 4 is 23.1 Å². The summed E-state index contributed by atoms with van der Waals surface area (Å²) in [5.41, 5.74) is 1.72. The second-order valence-corrected chi connectivity index (χ2v) is 6.81. The molecule has 0 saturated carbocycles. The number of amides is 2. The molecule has 0 spiro atoms. The highest BCUT2D eigenvalue weighted by molar-refractivity contribution is 7.11. The van der Waals surface area contributed by atoms with Crippen molar-refractivity contribution < 1.29 is 14.3 Å². The maximum atomic E-state index is 12.0. The van der Waals surface area contributed by atoms with Gasteiger partial charge in [-0.3, -0.25) is 0 Å². The van der Waals surface area contributed by atoms with Crippen LogP contribution in [0, 0.1) is 0 Å². The van der Waals surface area contributed by atoms with E-state index in [1.807, 2.05) is 13.8 Å². The lowest BCUT2D eigenvalue weighted by molar-refractivity contribution is 0.112. The van der Waals surface area contributed by atoms with Crippen LogP contribution in [0.25, 0.3) is 0 Å². The molecular weight excluding hydrogens is 328 g/mol. The summed E-state index contributed by atoms with van der Waals surface area (Å²) in [5.74, 6) is 0.482. The zero-order valence-electron chi connectivity index (χ0n) is 13.7. The van der Waals surface area contributed by atoms with Gasteiger partial charge in [-0.05, 0) is 19.9 Å². The van der Waals surface area contributed by atoms with E-state index in [0.717, 1.165) is 22.0 Å². The van der Waals surface area contributed by atoms with Gasteiger partial charge in [0.15, 0.2) is 0 Å². The Morgan fingerprint density at radius 3 is 3.17 bits per heavy atom. The fraction of sp³-hybridized carbons (Fsp3) is 0.438. The molecule has 0 aliphatic carbocycles. The van der Waals surface area contributed by atoms with Gasteiger partial charge in [0.1, 0.15) is 5.01 Å². The first-order valence-corrected chi connectivity index (χ1v) is 8.64. The Kier molecular flexibility index (Phi) is 5.27. The molecule has 1 aliphatic heterocycles. The number of ether oxygens (including phenoxy) is 2. The lowest BCUT2D eigenvalue weighted by Gasteiger charge is -2.10. The highest BCUT2D eigenvalue weighted by Crippen LogP contribution is 2.23. The summed E-state index contributed by atoms with van der Waals surface area (Å²) in [6, 6.07) is 3.12. The van der Waals surface area contributed by atoms with E-state index in [0.29, 0.717) is 31.3 Å². The highest BCUT2D eigenvalue weighted by atomic mass is 32.1. The van der Waals surface area contributed by atoms with Gasteiger partial charge in [-0.2, -0.15) is 0 Å². The van der Waals surface area contributed by atoms with Crippen LogP contribution in [0.15, 0.2) is 18.3 Å². The first kappa shape index (κ1) is 16.7. The molecule has 2 N–H and O–H groups in total. The summed E-state index contributed by atoms with van der Waals surface area (Å²) in [4.78, 5) is 21.8. The SMILES string of the molecule is CC(C)Oc1cc(NC(=O)NCc2nc3c(s2)COCC3)ccn1. The number of carbonyl (C=O) groups excluding carboxylic acids is 1. The summed E-state index contributed by atoms with van der Waals surface area (Å²) in [6.45, 7) is 5.58. The van der Waals surface area contributed by atoms with E-state index >= 15 is 0 Å². The van der Waals surface area contributed by atoms with Gasteiger partial charge in [0, 0.05) is 24.4 Å². The van der Waals surface area contributed by atoms with Crippen LogP contribution in [-0.4, -0.2) is 28.7 Å². The second-order valence-electron chi connectivity index (χ2n) is 5.64. The van der Waals surface area contributed by atoms with Crippen LogP contribution < -0.4 is 15.4 Å². The molecule has 0 unspecified atom stereocenters. The summed E-state index contributed by atoms with van der Waals surface area (Å²) >= 11 is 1.58. The van der Waals surface area contributed by atoms with E-state index in [9.17, 15) is 4.79 Å². The number of anilines is 1.